The standard InChI is InChI=1S/C8H12O4/c1-5(10)2-6-3-8(11)12-7(6)4-9/h6-7,9H,2-4H2,1H3. The highest BCUT2D eigenvalue weighted by Crippen LogP contribution is 2.24. The Morgan fingerprint density at radius 2 is 2.42 bits per heavy atom. The van der Waals surface area contributed by atoms with Crippen LogP contribution in [0.5, 0.6) is 0 Å². The molecule has 4 heteroatoms. The van der Waals surface area contributed by atoms with Crippen LogP contribution < -0.4 is 0 Å². The van der Waals surface area contributed by atoms with Gasteiger partial charge >= 0.3 is 5.97 Å². The molecular formula is C8H12O4. The highest BCUT2D eigenvalue weighted by molar-refractivity contribution is 5.78. The molecule has 1 aliphatic rings. The summed E-state index contributed by atoms with van der Waals surface area (Å²) in [4.78, 5) is 21.5. The maximum Gasteiger partial charge on any atom is 0.306 e. The van der Waals surface area contributed by atoms with Crippen LogP contribution in [0.25, 0.3) is 0 Å². The number of hydrogen-bond donors (Lipinski definition) is 1. The maximum atomic E-state index is 10.8. The molecule has 1 N–H and O–H groups in total. The lowest BCUT2D eigenvalue weighted by atomic mass is 9.96. The van der Waals surface area contributed by atoms with Crippen molar-refractivity contribution in [3.05, 3.63) is 0 Å². The van der Waals surface area contributed by atoms with E-state index in [9.17, 15) is 9.59 Å². The number of aliphatic hydroxyl groups excluding tert-OH is 1. The van der Waals surface area contributed by atoms with Crippen molar-refractivity contribution in [3.63, 3.8) is 0 Å². The molecule has 2 atom stereocenters. The number of hydrogen-bond acceptors (Lipinski definition) is 4. The topological polar surface area (TPSA) is 63.6 Å². The van der Waals surface area contributed by atoms with Crippen LogP contribution in [-0.2, 0) is 14.3 Å². The van der Waals surface area contributed by atoms with Crippen molar-refractivity contribution >= 4 is 11.8 Å². The van der Waals surface area contributed by atoms with E-state index in [0.29, 0.717) is 6.42 Å². The van der Waals surface area contributed by atoms with E-state index >= 15 is 0 Å². The lowest BCUT2D eigenvalue weighted by molar-refractivity contribution is -0.143. The fourth-order valence-electron chi connectivity index (χ4n) is 1.42. The predicted molar refractivity (Wildman–Crippen MR) is 40.4 cm³/mol. The van der Waals surface area contributed by atoms with Crippen LogP contribution in [0, 0.1) is 5.92 Å². The van der Waals surface area contributed by atoms with E-state index in [2.05, 4.69) is 0 Å². The molecule has 68 valence electrons. The summed E-state index contributed by atoms with van der Waals surface area (Å²) in [6, 6.07) is 0. The zero-order chi connectivity index (χ0) is 9.14. The van der Waals surface area contributed by atoms with Crippen LogP contribution in [-0.4, -0.2) is 29.6 Å². The van der Waals surface area contributed by atoms with Gasteiger partial charge in [-0.05, 0) is 6.92 Å². The Kier molecular flexibility index (Phi) is 2.81. The van der Waals surface area contributed by atoms with Crippen LogP contribution in [0.2, 0.25) is 0 Å². The summed E-state index contributed by atoms with van der Waals surface area (Å²) in [6.45, 7) is 1.28. The van der Waals surface area contributed by atoms with Gasteiger partial charge in [-0.15, -0.1) is 0 Å². The maximum absolute atomic E-state index is 10.8. The van der Waals surface area contributed by atoms with Crippen molar-refractivity contribution in [1.82, 2.24) is 0 Å². The summed E-state index contributed by atoms with van der Waals surface area (Å²) in [5.74, 6) is -0.419. The zero-order valence-corrected chi connectivity index (χ0v) is 6.95. The molecule has 0 radical (unpaired) electrons. The largest absolute Gasteiger partial charge is 0.460 e. The van der Waals surface area contributed by atoms with Gasteiger partial charge in [-0.2, -0.15) is 0 Å². The van der Waals surface area contributed by atoms with Crippen LogP contribution >= 0.6 is 0 Å². The van der Waals surface area contributed by atoms with Gasteiger partial charge in [0.05, 0.1) is 13.0 Å². The van der Waals surface area contributed by atoms with E-state index in [-0.39, 0.29) is 30.7 Å². The van der Waals surface area contributed by atoms with Gasteiger partial charge in [0.25, 0.3) is 0 Å². The molecule has 0 amide bonds. The van der Waals surface area contributed by atoms with E-state index in [1.165, 1.54) is 6.92 Å². The SMILES string of the molecule is CC(=O)CC1CC(=O)OC1CO. The Balaban J connectivity index is 2.51. The molecule has 0 aliphatic carbocycles. The second kappa shape index (κ2) is 3.67. The number of ketones is 1. The first kappa shape index (κ1) is 9.19. The number of Topliss-reactive ketones (excluding diaryl/α,β-unsaturated/α-hetero) is 1. The highest BCUT2D eigenvalue weighted by atomic mass is 16.6. The van der Waals surface area contributed by atoms with Crippen LogP contribution in [0.1, 0.15) is 19.8 Å². The van der Waals surface area contributed by atoms with Crippen LogP contribution in [0.3, 0.4) is 0 Å². The number of aliphatic hydroxyl groups is 1. The molecule has 0 spiro atoms. The summed E-state index contributed by atoms with van der Waals surface area (Å²) in [7, 11) is 0. The summed E-state index contributed by atoms with van der Waals surface area (Å²) in [5.41, 5.74) is 0. The molecule has 1 rings (SSSR count). The van der Waals surface area contributed by atoms with Crippen molar-refractivity contribution in [2.45, 2.75) is 25.9 Å². The smallest absolute Gasteiger partial charge is 0.306 e. The third kappa shape index (κ3) is 2.04. The average Bonchev–Trinajstić information content (AvgIpc) is 2.29. The number of cyclic esters (lactones) is 1. The van der Waals surface area contributed by atoms with Gasteiger partial charge in [0.15, 0.2) is 0 Å². The zero-order valence-electron chi connectivity index (χ0n) is 6.95. The second-order valence-electron chi connectivity index (χ2n) is 3.08. The minimum absolute atomic E-state index is 0.0248. The van der Waals surface area contributed by atoms with E-state index in [0.717, 1.165) is 0 Å². The number of carbonyl (C=O) groups excluding carboxylic acids is 2. The number of ether oxygens (including phenoxy) is 1. The number of carbonyl (C=O) groups is 2. The average molecular weight is 172 g/mol. The van der Waals surface area contributed by atoms with E-state index < -0.39 is 6.10 Å². The lowest BCUT2D eigenvalue weighted by Crippen LogP contribution is -2.22. The van der Waals surface area contributed by atoms with E-state index in [1.54, 1.807) is 0 Å². The first-order valence-electron chi connectivity index (χ1n) is 3.93. The van der Waals surface area contributed by atoms with Gasteiger partial charge < -0.3 is 14.6 Å². The summed E-state index contributed by atoms with van der Waals surface area (Å²) in [5, 5.41) is 8.78. The second-order valence-corrected chi connectivity index (χ2v) is 3.08. The third-order valence-electron chi connectivity index (χ3n) is 1.97. The lowest BCUT2D eigenvalue weighted by Gasteiger charge is -2.12. The number of esters is 1. The molecule has 12 heavy (non-hydrogen) atoms. The molecule has 0 aromatic heterocycles. The van der Waals surface area contributed by atoms with Crippen molar-refractivity contribution in [2.75, 3.05) is 6.61 Å². The minimum Gasteiger partial charge on any atom is -0.460 e. The summed E-state index contributed by atoms with van der Waals surface area (Å²) >= 11 is 0. The fourth-order valence-corrected chi connectivity index (χ4v) is 1.42. The summed E-state index contributed by atoms with van der Waals surface area (Å²) < 4.78 is 4.78. The Hall–Kier alpha value is -0.900. The fraction of sp³-hybridized carbons (Fsp3) is 0.750. The molecule has 1 fully saturated rings. The number of rotatable bonds is 3. The van der Waals surface area contributed by atoms with Crippen molar-refractivity contribution < 1.29 is 19.4 Å². The first-order chi connectivity index (χ1) is 5.63. The Morgan fingerprint density at radius 1 is 1.75 bits per heavy atom. The molecule has 2 unspecified atom stereocenters. The molecule has 1 heterocycles. The van der Waals surface area contributed by atoms with Gasteiger partial charge in [0.2, 0.25) is 0 Å². The molecule has 1 saturated heterocycles. The minimum atomic E-state index is -0.471. The Labute approximate surface area is 70.5 Å². The molecule has 1 aliphatic heterocycles. The molecular weight excluding hydrogens is 160 g/mol. The molecule has 4 nitrogen and oxygen atoms in total. The quantitative estimate of drug-likeness (QED) is 0.603. The van der Waals surface area contributed by atoms with Gasteiger partial charge in [0, 0.05) is 12.3 Å². The van der Waals surface area contributed by atoms with Gasteiger partial charge in [-0.3, -0.25) is 4.79 Å². The van der Waals surface area contributed by atoms with Gasteiger partial charge in [-0.1, -0.05) is 0 Å². The summed E-state index contributed by atoms with van der Waals surface area (Å²) in [6.07, 6.45) is 0.100. The highest BCUT2D eigenvalue weighted by Gasteiger charge is 2.34. The Morgan fingerprint density at radius 3 is 2.92 bits per heavy atom. The molecule has 0 aromatic rings. The first-order valence-corrected chi connectivity index (χ1v) is 3.93. The van der Waals surface area contributed by atoms with Gasteiger partial charge in [-0.25, -0.2) is 0 Å². The van der Waals surface area contributed by atoms with Gasteiger partial charge in [0.1, 0.15) is 11.9 Å². The normalized spacial score (nSPS) is 28.7. The molecule has 0 saturated carbocycles. The molecule has 0 bridgehead atoms. The van der Waals surface area contributed by atoms with Crippen molar-refractivity contribution in [2.24, 2.45) is 5.92 Å². The Bertz CT molecular complexity index is 199. The van der Waals surface area contributed by atoms with Crippen molar-refractivity contribution in [1.29, 1.82) is 0 Å². The van der Waals surface area contributed by atoms with Crippen LogP contribution in [0.4, 0.5) is 0 Å². The predicted octanol–water partition coefficient (Wildman–Crippen LogP) is -0.111. The third-order valence-corrected chi connectivity index (χ3v) is 1.97. The van der Waals surface area contributed by atoms with E-state index in [4.69, 9.17) is 9.84 Å². The monoisotopic (exact) mass is 172 g/mol. The van der Waals surface area contributed by atoms with Crippen molar-refractivity contribution in [3.8, 4) is 0 Å². The van der Waals surface area contributed by atoms with Crippen LogP contribution in [0.15, 0.2) is 0 Å². The molecule has 0 aromatic carbocycles. The van der Waals surface area contributed by atoms with E-state index in [1.807, 2.05) is 0 Å².